The van der Waals surface area contributed by atoms with E-state index < -0.39 is 22.5 Å². The molecule has 6 heteroatoms. The third kappa shape index (κ3) is 3.40. The van der Waals surface area contributed by atoms with Crippen LogP contribution in [0.3, 0.4) is 0 Å². The lowest BCUT2D eigenvalue weighted by Crippen LogP contribution is -2.36. The summed E-state index contributed by atoms with van der Waals surface area (Å²) < 4.78 is 26.1. The van der Waals surface area contributed by atoms with E-state index in [0.717, 1.165) is 15.1 Å². The van der Waals surface area contributed by atoms with Gasteiger partial charge < -0.3 is 5.11 Å². The first kappa shape index (κ1) is 15.5. The van der Waals surface area contributed by atoms with Crippen LogP contribution in [-0.4, -0.2) is 36.9 Å². The zero-order valence-electron chi connectivity index (χ0n) is 11.7. The van der Waals surface area contributed by atoms with E-state index in [1.165, 1.54) is 6.07 Å². The van der Waals surface area contributed by atoms with E-state index in [4.69, 9.17) is 5.11 Å². The van der Waals surface area contributed by atoms with Crippen molar-refractivity contribution in [3.05, 3.63) is 42.5 Å². The molecule has 0 spiro atoms. The average Bonchev–Trinajstić information content (AvgIpc) is 2.46. The quantitative estimate of drug-likeness (QED) is 0.888. The van der Waals surface area contributed by atoms with Crippen LogP contribution >= 0.6 is 0 Å². The van der Waals surface area contributed by atoms with Crippen molar-refractivity contribution >= 4 is 26.8 Å². The van der Waals surface area contributed by atoms with Crippen molar-refractivity contribution in [2.24, 2.45) is 0 Å². The topological polar surface area (TPSA) is 74.7 Å². The Labute approximate surface area is 123 Å². The molecule has 2 rings (SSSR count). The molecular weight excluding hydrogens is 290 g/mol. The van der Waals surface area contributed by atoms with Gasteiger partial charge in [0, 0.05) is 6.54 Å². The average molecular weight is 307 g/mol. The largest absolute Gasteiger partial charge is 0.480 e. The first-order chi connectivity index (χ1) is 9.95. The molecule has 0 amide bonds. The van der Waals surface area contributed by atoms with Crippen LogP contribution in [0.5, 0.6) is 0 Å². The molecule has 2 aromatic carbocycles. The second-order valence-corrected chi connectivity index (χ2v) is 6.68. The van der Waals surface area contributed by atoms with Gasteiger partial charge in [-0.3, -0.25) is 4.79 Å². The Hall–Kier alpha value is -1.92. The van der Waals surface area contributed by atoms with Gasteiger partial charge in [0.1, 0.15) is 6.54 Å². The summed E-state index contributed by atoms with van der Waals surface area (Å²) in [5.41, 5.74) is 0. The normalized spacial score (nSPS) is 11.9. The first-order valence-electron chi connectivity index (χ1n) is 6.66. The molecule has 112 valence electrons. The fraction of sp³-hybridized carbons (Fsp3) is 0.267. The minimum absolute atomic E-state index is 0.121. The van der Waals surface area contributed by atoms with Crippen molar-refractivity contribution in [2.45, 2.75) is 18.2 Å². The van der Waals surface area contributed by atoms with E-state index >= 15 is 0 Å². The van der Waals surface area contributed by atoms with E-state index in [1.807, 2.05) is 31.2 Å². The summed E-state index contributed by atoms with van der Waals surface area (Å²) in [6.45, 7) is 1.47. The number of nitrogens with zero attached hydrogens (tertiary/aromatic N) is 1. The van der Waals surface area contributed by atoms with E-state index in [9.17, 15) is 13.2 Å². The summed E-state index contributed by atoms with van der Waals surface area (Å²) >= 11 is 0. The number of hydrogen-bond acceptors (Lipinski definition) is 3. The van der Waals surface area contributed by atoms with E-state index in [1.54, 1.807) is 12.1 Å². The molecule has 0 saturated carbocycles. The summed E-state index contributed by atoms with van der Waals surface area (Å²) in [7, 11) is -3.80. The second kappa shape index (κ2) is 6.24. The summed E-state index contributed by atoms with van der Waals surface area (Å²) in [4.78, 5) is 11.0. The number of carbonyl (C=O) groups is 1. The molecule has 0 aliphatic carbocycles. The van der Waals surface area contributed by atoms with Gasteiger partial charge in [0.25, 0.3) is 0 Å². The van der Waals surface area contributed by atoms with Gasteiger partial charge in [-0.2, -0.15) is 4.31 Å². The molecule has 21 heavy (non-hydrogen) atoms. The van der Waals surface area contributed by atoms with Crippen molar-refractivity contribution in [3.63, 3.8) is 0 Å². The predicted molar refractivity (Wildman–Crippen MR) is 80.6 cm³/mol. The Balaban J connectivity index is 2.45. The van der Waals surface area contributed by atoms with Crippen molar-refractivity contribution in [2.75, 3.05) is 13.1 Å². The molecule has 0 radical (unpaired) electrons. The SMILES string of the molecule is CCCN(CC(=O)O)S(=O)(=O)c1ccc2ccccc2c1. The molecule has 2 aromatic rings. The Kier molecular flexibility index (Phi) is 4.59. The van der Waals surface area contributed by atoms with Gasteiger partial charge in [-0.25, -0.2) is 8.42 Å². The number of aliphatic carboxylic acids is 1. The second-order valence-electron chi connectivity index (χ2n) is 4.74. The number of benzene rings is 2. The third-order valence-electron chi connectivity index (χ3n) is 3.14. The van der Waals surface area contributed by atoms with Crippen molar-refractivity contribution in [1.29, 1.82) is 0 Å². The third-order valence-corrected chi connectivity index (χ3v) is 4.98. The summed E-state index contributed by atoms with van der Waals surface area (Å²) in [6.07, 6.45) is 0.556. The summed E-state index contributed by atoms with van der Waals surface area (Å²) in [5, 5.41) is 10.6. The van der Waals surface area contributed by atoms with Gasteiger partial charge in [-0.05, 0) is 29.3 Å². The van der Waals surface area contributed by atoms with Gasteiger partial charge in [0.15, 0.2) is 0 Å². The van der Waals surface area contributed by atoms with Gasteiger partial charge in [-0.1, -0.05) is 37.3 Å². The maximum atomic E-state index is 12.6. The summed E-state index contributed by atoms with van der Waals surface area (Å²) in [5.74, 6) is -1.16. The number of sulfonamides is 1. The van der Waals surface area contributed by atoms with Crippen LogP contribution in [0.25, 0.3) is 10.8 Å². The molecule has 0 unspecified atom stereocenters. The van der Waals surface area contributed by atoms with Gasteiger partial charge >= 0.3 is 5.97 Å². The van der Waals surface area contributed by atoms with Gasteiger partial charge in [0.2, 0.25) is 10.0 Å². The van der Waals surface area contributed by atoms with Gasteiger partial charge in [-0.15, -0.1) is 0 Å². The van der Waals surface area contributed by atoms with E-state index in [0.29, 0.717) is 6.42 Å². The molecule has 0 aliphatic rings. The Morgan fingerprint density at radius 1 is 1.14 bits per heavy atom. The van der Waals surface area contributed by atoms with Gasteiger partial charge in [0.05, 0.1) is 4.90 Å². The fourth-order valence-corrected chi connectivity index (χ4v) is 3.68. The molecule has 0 fully saturated rings. The fourth-order valence-electron chi connectivity index (χ4n) is 2.16. The van der Waals surface area contributed by atoms with Crippen LogP contribution in [0.2, 0.25) is 0 Å². The zero-order valence-corrected chi connectivity index (χ0v) is 12.5. The zero-order chi connectivity index (χ0) is 15.5. The minimum atomic E-state index is -3.80. The van der Waals surface area contributed by atoms with Crippen LogP contribution in [0.1, 0.15) is 13.3 Å². The highest BCUT2D eigenvalue weighted by Crippen LogP contribution is 2.22. The highest BCUT2D eigenvalue weighted by molar-refractivity contribution is 7.89. The number of fused-ring (bicyclic) bond motifs is 1. The molecular formula is C15H17NO4S. The number of rotatable bonds is 6. The molecule has 0 saturated heterocycles. The maximum absolute atomic E-state index is 12.6. The van der Waals surface area contributed by atoms with Crippen LogP contribution in [0.15, 0.2) is 47.4 Å². The highest BCUT2D eigenvalue weighted by atomic mass is 32.2. The minimum Gasteiger partial charge on any atom is -0.480 e. The molecule has 0 aromatic heterocycles. The maximum Gasteiger partial charge on any atom is 0.318 e. The molecule has 0 aliphatic heterocycles. The van der Waals surface area contributed by atoms with E-state index in [-0.39, 0.29) is 11.4 Å². The lowest BCUT2D eigenvalue weighted by molar-refractivity contribution is -0.137. The Morgan fingerprint density at radius 3 is 2.43 bits per heavy atom. The molecule has 0 heterocycles. The smallest absolute Gasteiger partial charge is 0.318 e. The van der Waals surface area contributed by atoms with Crippen molar-refractivity contribution < 1.29 is 18.3 Å². The molecule has 5 nitrogen and oxygen atoms in total. The summed E-state index contributed by atoms with van der Waals surface area (Å²) in [6, 6.07) is 12.3. The molecule has 0 atom stereocenters. The predicted octanol–water partition coefficient (Wildman–Crippen LogP) is 2.33. The van der Waals surface area contributed by atoms with Crippen LogP contribution in [-0.2, 0) is 14.8 Å². The van der Waals surface area contributed by atoms with Crippen molar-refractivity contribution in [3.8, 4) is 0 Å². The number of carboxylic acids is 1. The lowest BCUT2D eigenvalue weighted by atomic mass is 10.1. The lowest BCUT2D eigenvalue weighted by Gasteiger charge is -2.19. The Morgan fingerprint density at radius 2 is 1.81 bits per heavy atom. The number of carboxylic acid groups (broad SMARTS) is 1. The first-order valence-corrected chi connectivity index (χ1v) is 8.10. The van der Waals surface area contributed by atoms with E-state index in [2.05, 4.69) is 0 Å². The molecule has 1 N–H and O–H groups in total. The monoisotopic (exact) mass is 307 g/mol. The van der Waals surface area contributed by atoms with Crippen LogP contribution in [0.4, 0.5) is 0 Å². The molecule has 0 bridgehead atoms. The van der Waals surface area contributed by atoms with Crippen molar-refractivity contribution in [1.82, 2.24) is 4.31 Å². The van der Waals surface area contributed by atoms with Crippen LogP contribution in [0, 0.1) is 0 Å². The Bertz CT molecular complexity index is 755. The standard InChI is InChI=1S/C15H17NO4S/c1-2-9-16(11-15(17)18)21(19,20)14-8-7-12-5-3-4-6-13(12)10-14/h3-8,10H,2,9,11H2,1H3,(H,17,18). The van der Waals surface area contributed by atoms with Crippen LogP contribution < -0.4 is 0 Å². The number of hydrogen-bond donors (Lipinski definition) is 1. The highest BCUT2D eigenvalue weighted by Gasteiger charge is 2.25.